The second-order valence-electron chi connectivity index (χ2n) is 14.4. The zero-order valence-electron chi connectivity index (χ0n) is 29.3. The van der Waals surface area contributed by atoms with Crippen LogP contribution in [0, 0.1) is 17.0 Å². The van der Waals surface area contributed by atoms with Gasteiger partial charge in [-0.2, -0.15) is 0 Å². The molecule has 2 amide bonds. The normalized spacial score (nSPS) is 13.1. The van der Waals surface area contributed by atoms with E-state index in [1.165, 1.54) is 0 Å². The van der Waals surface area contributed by atoms with Crippen LogP contribution in [-0.4, -0.2) is 77.9 Å². The molecule has 13 heteroatoms. The van der Waals surface area contributed by atoms with Crippen molar-refractivity contribution in [3.63, 3.8) is 0 Å². The second kappa shape index (κ2) is 17.8. The van der Waals surface area contributed by atoms with Gasteiger partial charge in [0, 0.05) is 56.5 Å². The van der Waals surface area contributed by atoms with Gasteiger partial charge in [-0.05, 0) is 47.7 Å². The lowest BCUT2D eigenvalue weighted by Crippen LogP contribution is -2.44. The van der Waals surface area contributed by atoms with Crippen molar-refractivity contribution in [1.82, 2.24) is 14.8 Å². The van der Waals surface area contributed by atoms with Gasteiger partial charge in [0.25, 0.3) is 0 Å². The number of carboxylic acid groups (broad SMARTS) is 1. The van der Waals surface area contributed by atoms with E-state index in [-0.39, 0.29) is 36.1 Å². The van der Waals surface area contributed by atoms with Crippen LogP contribution in [0.2, 0.25) is 25.7 Å². The number of nitrogens with zero attached hydrogens (tertiary/aromatic N) is 2. The van der Waals surface area contributed by atoms with Crippen molar-refractivity contribution in [3.8, 4) is 11.1 Å². The van der Waals surface area contributed by atoms with Gasteiger partial charge >= 0.3 is 12.1 Å². The number of benzene rings is 2. The highest BCUT2D eigenvalue weighted by Crippen LogP contribution is 2.41. The lowest BCUT2D eigenvalue weighted by atomic mass is 9.83. The minimum atomic E-state index is -1.37. The first-order valence-electron chi connectivity index (χ1n) is 16.4. The number of hydrogen-bond acceptors (Lipinski definition) is 6. The molecule has 0 radical (unpaired) electrons. The summed E-state index contributed by atoms with van der Waals surface area (Å²) >= 11 is 1.14. The minimum absolute atomic E-state index is 0.0233. The van der Waals surface area contributed by atoms with Gasteiger partial charge in [-0.3, -0.25) is 9.59 Å². The molecule has 0 saturated heterocycles. The average Bonchev–Trinajstić information content (AvgIpc) is 3.41. The smallest absolute Gasteiger partial charge is 0.407 e. The molecule has 0 spiro atoms. The predicted molar refractivity (Wildman–Crippen MR) is 194 cm³/mol. The molecule has 3 aromatic rings. The lowest BCUT2D eigenvalue weighted by molar-refractivity contribution is -0.138. The maximum atomic E-state index is 15.1. The van der Waals surface area contributed by atoms with Crippen LogP contribution in [0.15, 0.2) is 60.8 Å². The Kier molecular flexibility index (Phi) is 14.5. The number of amides is 2. The first-order chi connectivity index (χ1) is 23.0. The highest BCUT2D eigenvalue weighted by Gasteiger charge is 2.37. The molecular weight excluding hydrogens is 667 g/mol. The number of rotatable bonds is 17. The summed E-state index contributed by atoms with van der Waals surface area (Å²) in [5.41, 5.74) is 7.42. The molecule has 49 heavy (non-hydrogen) atoms. The molecule has 3 rings (SSSR count). The number of nitrogens with one attached hydrogen (secondary N) is 1. The predicted octanol–water partition coefficient (Wildman–Crippen LogP) is 7.00. The first-order valence-corrected chi connectivity index (χ1v) is 21.3. The van der Waals surface area contributed by atoms with E-state index >= 15 is 4.39 Å². The van der Waals surface area contributed by atoms with Crippen LogP contribution in [0.25, 0.3) is 11.1 Å². The van der Waals surface area contributed by atoms with Crippen molar-refractivity contribution in [2.24, 2.45) is 11.1 Å². The Labute approximate surface area is 293 Å². The largest absolute Gasteiger partial charge is 0.480 e. The summed E-state index contributed by atoms with van der Waals surface area (Å²) in [6.45, 7) is 13.9. The van der Waals surface area contributed by atoms with E-state index < -0.39 is 49.3 Å². The van der Waals surface area contributed by atoms with Crippen molar-refractivity contribution in [2.45, 2.75) is 71.5 Å². The lowest BCUT2D eigenvalue weighted by Gasteiger charge is -2.41. The van der Waals surface area contributed by atoms with Crippen molar-refractivity contribution < 1.29 is 33.0 Å². The second-order valence-corrected chi connectivity index (χ2v) is 21.1. The fraction of sp³-hybridized carbons (Fsp3) is 0.472. The van der Waals surface area contributed by atoms with Crippen LogP contribution < -0.4 is 11.1 Å². The molecule has 1 unspecified atom stereocenters. The number of ether oxygens (including phenoxy) is 1. The molecule has 2 aromatic carbocycles. The summed E-state index contributed by atoms with van der Waals surface area (Å²) in [6, 6.07) is 14.0. The van der Waals surface area contributed by atoms with Gasteiger partial charge in [-0.15, -0.1) is 11.8 Å². The van der Waals surface area contributed by atoms with E-state index in [9.17, 15) is 23.9 Å². The number of carboxylic acids is 1. The van der Waals surface area contributed by atoms with Crippen LogP contribution in [-0.2, 0) is 20.9 Å². The molecule has 0 fully saturated rings. The highest BCUT2D eigenvalue weighted by molar-refractivity contribution is 8.00. The topological polar surface area (TPSA) is 127 Å². The number of alkyl carbamates (subject to hydrolysis) is 1. The Morgan fingerprint density at radius 3 is 2.41 bits per heavy atom. The number of hydrogen-bond donors (Lipinski definition) is 3. The molecule has 1 aromatic heterocycles. The van der Waals surface area contributed by atoms with Gasteiger partial charge < -0.3 is 30.4 Å². The van der Waals surface area contributed by atoms with Gasteiger partial charge in [0.05, 0.1) is 18.4 Å². The third-order valence-electron chi connectivity index (χ3n) is 7.87. The maximum absolute atomic E-state index is 15.1. The number of carbonyl (C=O) groups excluding carboxylic acids is 2. The van der Waals surface area contributed by atoms with Gasteiger partial charge in [0.15, 0.2) is 0 Å². The fourth-order valence-electron chi connectivity index (χ4n) is 5.38. The molecule has 9 nitrogen and oxygen atoms in total. The van der Waals surface area contributed by atoms with E-state index in [0.29, 0.717) is 30.8 Å². The van der Waals surface area contributed by atoms with Crippen LogP contribution in [0.5, 0.6) is 0 Å². The number of thioether (sulfide) groups is 1. The molecule has 0 bridgehead atoms. The van der Waals surface area contributed by atoms with Crippen molar-refractivity contribution >= 4 is 37.8 Å². The maximum Gasteiger partial charge on any atom is 0.407 e. The van der Waals surface area contributed by atoms with E-state index in [1.54, 1.807) is 17.2 Å². The third-order valence-corrected chi connectivity index (χ3v) is 10.6. The Hall–Kier alpha value is -3.68. The van der Waals surface area contributed by atoms with Gasteiger partial charge in [0.2, 0.25) is 5.91 Å². The van der Waals surface area contributed by atoms with Crippen LogP contribution in [0.4, 0.5) is 13.6 Å². The monoisotopic (exact) mass is 716 g/mol. The minimum Gasteiger partial charge on any atom is -0.480 e. The number of halogens is 2. The molecule has 1 heterocycles. The quantitative estimate of drug-likeness (QED) is 0.102. The van der Waals surface area contributed by atoms with Crippen molar-refractivity contribution in [1.29, 1.82) is 0 Å². The Morgan fingerprint density at radius 2 is 1.78 bits per heavy atom. The number of carbonyl (C=O) groups is 3. The molecule has 0 aliphatic carbocycles. The number of aromatic nitrogens is 1. The molecular formula is C36H50F2N4O5SSi. The van der Waals surface area contributed by atoms with Gasteiger partial charge in [0.1, 0.15) is 17.7 Å². The van der Waals surface area contributed by atoms with Crippen LogP contribution >= 0.6 is 11.8 Å². The molecule has 4 N–H and O–H groups in total. The standard InChI is InChI=1S/C36H50F2N4O5SSi/c1-36(2,3)33(31-19-26(28-20-27(37)13-14-29(28)38)22-41(31)21-25-11-8-7-9-12-25)42(32(43)24-48-23-30(39)34(44)45)16-10-15-40-35(46)47-17-18-49(4,5)6/h7-9,11-14,19-20,22,30,33H,10,15-18,21,23-24,39H2,1-6H3,(H,40,46)(H,44,45)/t30-,33?/m0/s1. The first kappa shape index (κ1) is 39.8. The molecule has 2 atom stereocenters. The average molecular weight is 717 g/mol. The summed E-state index contributed by atoms with van der Waals surface area (Å²) in [7, 11) is -1.37. The number of nitrogens with two attached hydrogens (primary N) is 1. The van der Waals surface area contributed by atoms with E-state index in [2.05, 4.69) is 25.0 Å². The summed E-state index contributed by atoms with van der Waals surface area (Å²) in [5, 5.41) is 12.0. The zero-order chi connectivity index (χ0) is 36.4. The van der Waals surface area contributed by atoms with Gasteiger partial charge in [-0.1, -0.05) is 70.7 Å². The SMILES string of the molecule is CC(C)(C)C(c1cc(-c2cc(F)ccc2F)cn1Cc1ccccc1)N(CCCNC(=O)OCC[Si](C)(C)C)C(=O)CSC[C@H](N)C(=O)O. The van der Waals surface area contributed by atoms with E-state index in [0.717, 1.165) is 41.6 Å². The van der Waals surface area contributed by atoms with Crippen molar-refractivity contribution in [3.05, 3.63) is 83.7 Å². The third kappa shape index (κ3) is 12.6. The molecule has 0 saturated carbocycles. The van der Waals surface area contributed by atoms with E-state index in [1.807, 2.05) is 55.7 Å². The van der Waals surface area contributed by atoms with Crippen molar-refractivity contribution in [2.75, 3.05) is 31.2 Å². The Morgan fingerprint density at radius 1 is 1.08 bits per heavy atom. The Balaban J connectivity index is 1.99. The molecule has 268 valence electrons. The van der Waals surface area contributed by atoms with E-state index in [4.69, 9.17) is 10.5 Å². The summed E-state index contributed by atoms with van der Waals surface area (Å²) in [5.74, 6) is -2.51. The summed E-state index contributed by atoms with van der Waals surface area (Å²) in [6.07, 6.45) is 1.67. The fourth-order valence-corrected chi connectivity index (χ4v) is 6.95. The summed E-state index contributed by atoms with van der Waals surface area (Å²) < 4.78 is 36.7. The number of aliphatic carboxylic acids is 1. The molecule has 0 aliphatic rings. The highest BCUT2D eigenvalue weighted by atomic mass is 32.2. The van der Waals surface area contributed by atoms with Gasteiger partial charge in [-0.25, -0.2) is 13.6 Å². The van der Waals surface area contributed by atoms with Crippen LogP contribution in [0.3, 0.4) is 0 Å². The van der Waals surface area contributed by atoms with Crippen LogP contribution in [0.1, 0.15) is 44.5 Å². The Bertz CT molecular complexity index is 1560. The molecule has 0 aliphatic heterocycles. The summed E-state index contributed by atoms with van der Waals surface area (Å²) in [4.78, 5) is 39.5. The zero-order valence-corrected chi connectivity index (χ0v) is 31.1.